The molecule has 0 aromatic carbocycles. The molecule has 1 N–H and O–H groups in total. The molecule has 0 radical (unpaired) electrons. The maximum atomic E-state index is 3.59. The summed E-state index contributed by atoms with van der Waals surface area (Å²) in [7, 11) is 0. The first-order valence-corrected chi connectivity index (χ1v) is 7.62. The van der Waals surface area contributed by atoms with Crippen LogP contribution >= 0.6 is 27.3 Å². The summed E-state index contributed by atoms with van der Waals surface area (Å²) in [4.78, 5) is 3.96. The first-order chi connectivity index (χ1) is 7.75. The van der Waals surface area contributed by atoms with Crippen LogP contribution in [-0.4, -0.2) is 31.1 Å². The first kappa shape index (κ1) is 12.6. The molecular weight excluding hydrogens is 284 g/mol. The molecule has 1 fully saturated rings. The third kappa shape index (κ3) is 3.55. The van der Waals surface area contributed by atoms with Crippen molar-refractivity contribution in [3.63, 3.8) is 0 Å². The molecule has 0 saturated carbocycles. The number of likely N-dealkylation sites (tertiary alicyclic amines) is 1. The zero-order valence-electron chi connectivity index (χ0n) is 9.71. The number of rotatable bonds is 5. The van der Waals surface area contributed by atoms with Gasteiger partial charge in [-0.1, -0.05) is 0 Å². The number of nitrogens with zero attached hydrogens (tertiary/aromatic N) is 1. The fourth-order valence-electron chi connectivity index (χ4n) is 2.10. The second-order valence-electron chi connectivity index (χ2n) is 4.39. The van der Waals surface area contributed by atoms with Gasteiger partial charge in [0.05, 0.1) is 0 Å². The van der Waals surface area contributed by atoms with Crippen LogP contribution in [0, 0.1) is 0 Å². The number of halogens is 1. The van der Waals surface area contributed by atoms with Crippen molar-refractivity contribution in [1.29, 1.82) is 0 Å². The van der Waals surface area contributed by atoms with Crippen molar-refractivity contribution < 1.29 is 0 Å². The van der Waals surface area contributed by atoms with Crippen molar-refractivity contribution in [2.75, 3.05) is 26.2 Å². The maximum Gasteiger partial charge on any atom is 0.0386 e. The Morgan fingerprint density at radius 3 is 2.88 bits per heavy atom. The molecule has 90 valence electrons. The van der Waals surface area contributed by atoms with E-state index in [2.05, 4.69) is 44.5 Å². The first-order valence-electron chi connectivity index (χ1n) is 5.95. The van der Waals surface area contributed by atoms with Crippen LogP contribution in [0.4, 0.5) is 0 Å². The van der Waals surface area contributed by atoms with E-state index in [1.807, 2.05) is 11.3 Å². The molecule has 2 heterocycles. The normalized spacial score (nSPS) is 19.1. The van der Waals surface area contributed by atoms with Crippen molar-refractivity contribution in [3.05, 3.63) is 20.8 Å². The monoisotopic (exact) mass is 302 g/mol. The van der Waals surface area contributed by atoms with E-state index in [0.29, 0.717) is 6.04 Å². The quantitative estimate of drug-likeness (QED) is 0.898. The van der Waals surface area contributed by atoms with Crippen LogP contribution in [-0.2, 0) is 0 Å². The van der Waals surface area contributed by atoms with E-state index < -0.39 is 0 Å². The fourth-order valence-corrected chi connectivity index (χ4v) is 3.58. The maximum absolute atomic E-state index is 3.59. The molecule has 1 saturated heterocycles. The summed E-state index contributed by atoms with van der Waals surface area (Å²) in [5.74, 6) is 0. The highest BCUT2D eigenvalue weighted by Gasteiger charge is 2.12. The second-order valence-corrected chi connectivity index (χ2v) is 6.25. The van der Waals surface area contributed by atoms with E-state index in [9.17, 15) is 0 Å². The SMILES string of the molecule is CC(NCCN1CCCC1)c1cc(Br)cs1. The van der Waals surface area contributed by atoms with E-state index in [-0.39, 0.29) is 0 Å². The van der Waals surface area contributed by atoms with Crippen molar-refractivity contribution in [2.45, 2.75) is 25.8 Å². The largest absolute Gasteiger partial charge is 0.308 e. The van der Waals surface area contributed by atoms with Crippen molar-refractivity contribution in [3.8, 4) is 0 Å². The summed E-state index contributed by atoms with van der Waals surface area (Å²) in [5.41, 5.74) is 0. The molecule has 2 nitrogen and oxygen atoms in total. The van der Waals surface area contributed by atoms with Crippen LogP contribution in [0.5, 0.6) is 0 Å². The van der Waals surface area contributed by atoms with Crippen molar-refractivity contribution in [2.24, 2.45) is 0 Å². The summed E-state index contributed by atoms with van der Waals surface area (Å²) in [6, 6.07) is 2.68. The Kier molecular flexibility index (Phi) is 4.82. The van der Waals surface area contributed by atoms with E-state index >= 15 is 0 Å². The van der Waals surface area contributed by atoms with Gasteiger partial charge in [0.15, 0.2) is 0 Å². The second kappa shape index (κ2) is 6.15. The third-order valence-corrected chi connectivity index (χ3v) is 4.97. The standard InChI is InChI=1S/C12H19BrN2S/c1-10(12-8-11(13)9-16-12)14-4-7-15-5-2-3-6-15/h8-10,14H,2-7H2,1H3. The van der Waals surface area contributed by atoms with Crippen LogP contribution in [0.1, 0.15) is 30.7 Å². The van der Waals surface area contributed by atoms with Gasteiger partial charge in [0.25, 0.3) is 0 Å². The zero-order chi connectivity index (χ0) is 11.4. The Morgan fingerprint density at radius 1 is 1.50 bits per heavy atom. The fraction of sp³-hybridized carbons (Fsp3) is 0.667. The molecule has 1 aliphatic rings. The highest BCUT2D eigenvalue weighted by molar-refractivity contribution is 9.10. The van der Waals surface area contributed by atoms with Gasteiger partial charge in [-0.15, -0.1) is 11.3 Å². The molecule has 4 heteroatoms. The van der Waals surface area contributed by atoms with E-state index in [1.165, 1.54) is 41.8 Å². The molecule has 2 rings (SSSR count). The Bertz CT molecular complexity index is 321. The Balaban J connectivity index is 1.69. The summed E-state index contributed by atoms with van der Waals surface area (Å²) < 4.78 is 1.20. The summed E-state index contributed by atoms with van der Waals surface area (Å²) in [6.45, 7) is 7.11. The topological polar surface area (TPSA) is 15.3 Å². The zero-order valence-corrected chi connectivity index (χ0v) is 12.1. The molecule has 1 aliphatic heterocycles. The summed E-state index contributed by atoms with van der Waals surface area (Å²) in [5, 5.41) is 5.73. The van der Waals surface area contributed by atoms with Crippen molar-refractivity contribution in [1.82, 2.24) is 10.2 Å². The van der Waals surface area contributed by atoms with Crippen LogP contribution in [0.3, 0.4) is 0 Å². The number of hydrogen-bond acceptors (Lipinski definition) is 3. The number of hydrogen-bond donors (Lipinski definition) is 1. The van der Waals surface area contributed by atoms with Crippen LogP contribution in [0.25, 0.3) is 0 Å². The van der Waals surface area contributed by atoms with Crippen LogP contribution < -0.4 is 5.32 Å². The lowest BCUT2D eigenvalue weighted by molar-refractivity contribution is 0.330. The minimum Gasteiger partial charge on any atom is -0.308 e. The highest BCUT2D eigenvalue weighted by Crippen LogP contribution is 2.25. The molecule has 0 spiro atoms. The predicted octanol–water partition coefficient (Wildman–Crippen LogP) is 3.26. The third-order valence-electron chi connectivity index (χ3n) is 3.09. The molecule has 1 aromatic rings. The lowest BCUT2D eigenvalue weighted by Crippen LogP contribution is -2.31. The Morgan fingerprint density at radius 2 is 2.25 bits per heavy atom. The number of thiophene rings is 1. The van der Waals surface area contributed by atoms with Gasteiger partial charge >= 0.3 is 0 Å². The van der Waals surface area contributed by atoms with Gasteiger partial charge in [-0.2, -0.15) is 0 Å². The van der Waals surface area contributed by atoms with Crippen molar-refractivity contribution >= 4 is 27.3 Å². The molecule has 1 aromatic heterocycles. The average Bonchev–Trinajstić information content (AvgIpc) is 2.89. The molecule has 1 unspecified atom stereocenters. The Labute approximate surface area is 110 Å². The summed E-state index contributed by atoms with van der Waals surface area (Å²) >= 11 is 5.31. The molecule has 0 amide bonds. The lowest BCUT2D eigenvalue weighted by Gasteiger charge is -2.17. The molecule has 0 aliphatic carbocycles. The van der Waals surface area contributed by atoms with Gasteiger partial charge in [0.1, 0.15) is 0 Å². The van der Waals surface area contributed by atoms with Crippen LogP contribution in [0.2, 0.25) is 0 Å². The summed E-state index contributed by atoms with van der Waals surface area (Å²) in [6.07, 6.45) is 2.76. The van der Waals surface area contributed by atoms with Gasteiger partial charge < -0.3 is 10.2 Å². The highest BCUT2D eigenvalue weighted by atomic mass is 79.9. The molecule has 1 atom stereocenters. The molecule has 0 bridgehead atoms. The van der Waals surface area contributed by atoms with Gasteiger partial charge in [-0.05, 0) is 54.9 Å². The average molecular weight is 303 g/mol. The Hall–Kier alpha value is 0.1000. The van der Waals surface area contributed by atoms with Gasteiger partial charge in [0.2, 0.25) is 0 Å². The van der Waals surface area contributed by atoms with E-state index in [1.54, 1.807) is 0 Å². The minimum atomic E-state index is 0.471. The van der Waals surface area contributed by atoms with Gasteiger partial charge in [0, 0.05) is 33.9 Å². The minimum absolute atomic E-state index is 0.471. The van der Waals surface area contributed by atoms with Crippen LogP contribution in [0.15, 0.2) is 15.9 Å². The van der Waals surface area contributed by atoms with E-state index in [4.69, 9.17) is 0 Å². The number of nitrogens with one attached hydrogen (secondary N) is 1. The van der Waals surface area contributed by atoms with E-state index in [0.717, 1.165) is 6.54 Å². The van der Waals surface area contributed by atoms with Gasteiger partial charge in [-0.3, -0.25) is 0 Å². The predicted molar refractivity (Wildman–Crippen MR) is 74.1 cm³/mol. The smallest absolute Gasteiger partial charge is 0.0386 e. The molecular formula is C12H19BrN2S. The van der Waals surface area contributed by atoms with Gasteiger partial charge in [-0.25, -0.2) is 0 Å². The lowest BCUT2D eigenvalue weighted by atomic mass is 10.3. The molecule has 16 heavy (non-hydrogen) atoms.